The number of aromatic nitrogens is 2. The maximum absolute atomic E-state index is 13.0. The number of nitrogens with zero attached hydrogens (tertiary/aromatic N) is 3. The van der Waals surface area contributed by atoms with E-state index in [1.54, 1.807) is 24.3 Å². The zero-order valence-electron chi connectivity index (χ0n) is 14.7. The minimum absolute atomic E-state index is 0.471. The van der Waals surface area contributed by atoms with E-state index in [4.69, 9.17) is 16.7 Å². The van der Waals surface area contributed by atoms with Crippen molar-refractivity contribution in [1.29, 1.82) is 0 Å². The lowest BCUT2D eigenvalue weighted by Crippen LogP contribution is -2.46. The number of para-hydroxylation sites is 2. The molecule has 0 radical (unpaired) electrons. The highest BCUT2D eigenvalue weighted by Gasteiger charge is 2.49. The average Bonchev–Trinajstić information content (AvgIpc) is 3.07. The van der Waals surface area contributed by atoms with Crippen LogP contribution in [0.4, 0.5) is 5.69 Å². The Morgan fingerprint density at radius 1 is 0.963 bits per heavy atom. The quantitative estimate of drug-likeness (QED) is 0.629. The van der Waals surface area contributed by atoms with E-state index in [1.165, 1.54) is 11.8 Å². The van der Waals surface area contributed by atoms with Crippen LogP contribution in [0.2, 0.25) is 0 Å². The molecule has 138 valence electrons. The van der Waals surface area contributed by atoms with Crippen LogP contribution < -0.4 is 16.3 Å². The monoisotopic (exact) mass is 399 g/mol. The molecule has 1 saturated heterocycles. The first kappa shape index (κ1) is 17.8. The second kappa shape index (κ2) is 6.54. The SMILES string of the molecule is CC1(C)C(n2oc(=O)n(-c3ccccc3)c2=O)SC(=S)N1c1ccccc1. The van der Waals surface area contributed by atoms with Gasteiger partial charge in [-0.25, -0.2) is 9.59 Å². The van der Waals surface area contributed by atoms with E-state index < -0.39 is 22.4 Å². The molecule has 1 unspecified atom stereocenters. The van der Waals surface area contributed by atoms with Crippen molar-refractivity contribution in [3.8, 4) is 5.69 Å². The first-order valence-corrected chi connectivity index (χ1v) is 9.66. The molecular weight excluding hydrogens is 382 g/mol. The van der Waals surface area contributed by atoms with Gasteiger partial charge in [0.15, 0.2) is 0 Å². The molecule has 8 heteroatoms. The molecule has 3 aromatic rings. The van der Waals surface area contributed by atoms with Gasteiger partial charge in [0.1, 0.15) is 9.69 Å². The van der Waals surface area contributed by atoms with Crippen molar-refractivity contribution >= 4 is 34.0 Å². The lowest BCUT2D eigenvalue weighted by Gasteiger charge is -2.34. The van der Waals surface area contributed by atoms with Crippen molar-refractivity contribution in [2.45, 2.75) is 24.8 Å². The van der Waals surface area contributed by atoms with Gasteiger partial charge in [-0.2, -0.15) is 4.57 Å². The average molecular weight is 399 g/mol. The van der Waals surface area contributed by atoms with Gasteiger partial charge in [0, 0.05) is 5.69 Å². The summed E-state index contributed by atoms with van der Waals surface area (Å²) in [6.45, 7) is 3.95. The van der Waals surface area contributed by atoms with Gasteiger partial charge >= 0.3 is 11.4 Å². The molecule has 0 N–H and O–H groups in total. The largest absolute Gasteiger partial charge is 0.447 e. The number of thiocarbonyl (C=S) groups is 1. The third-order valence-electron chi connectivity index (χ3n) is 4.56. The lowest BCUT2D eigenvalue weighted by atomic mass is 10.0. The zero-order valence-corrected chi connectivity index (χ0v) is 16.4. The lowest BCUT2D eigenvalue weighted by molar-refractivity contribution is 0.204. The van der Waals surface area contributed by atoms with Crippen molar-refractivity contribution < 1.29 is 4.52 Å². The molecule has 1 atom stereocenters. The molecular formula is C19H17N3O3S2. The molecule has 0 spiro atoms. The van der Waals surface area contributed by atoms with E-state index in [1.807, 2.05) is 55.1 Å². The first-order valence-electron chi connectivity index (χ1n) is 8.37. The summed E-state index contributed by atoms with van der Waals surface area (Å²) in [4.78, 5) is 27.3. The summed E-state index contributed by atoms with van der Waals surface area (Å²) < 4.78 is 8.15. The number of hydrogen-bond donors (Lipinski definition) is 0. The molecule has 0 saturated carbocycles. The molecule has 6 nitrogen and oxygen atoms in total. The van der Waals surface area contributed by atoms with Crippen LogP contribution in [0.5, 0.6) is 0 Å². The van der Waals surface area contributed by atoms with Crippen LogP contribution in [-0.4, -0.2) is 19.2 Å². The third kappa shape index (κ3) is 2.85. The highest BCUT2D eigenvalue weighted by molar-refractivity contribution is 8.23. The van der Waals surface area contributed by atoms with Gasteiger partial charge in [0.25, 0.3) is 0 Å². The summed E-state index contributed by atoms with van der Waals surface area (Å²) in [5.41, 5.74) is 0.305. The van der Waals surface area contributed by atoms with Crippen LogP contribution in [0, 0.1) is 0 Å². The van der Waals surface area contributed by atoms with E-state index in [0.29, 0.717) is 10.0 Å². The van der Waals surface area contributed by atoms with Crippen molar-refractivity contribution in [1.82, 2.24) is 9.31 Å². The highest BCUT2D eigenvalue weighted by atomic mass is 32.2. The van der Waals surface area contributed by atoms with Gasteiger partial charge in [-0.3, -0.25) is 0 Å². The summed E-state index contributed by atoms with van der Waals surface area (Å²) >= 11 is 6.91. The minimum Gasteiger partial charge on any atom is -0.319 e. The molecule has 0 bridgehead atoms. The van der Waals surface area contributed by atoms with Crippen molar-refractivity contribution in [3.63, 3.8) is 0 Å². The molecule has 0 aliphatic carbocycles. The highest BCUT2D eigenvalue weighted by Crippen LogP contribution is 2.48. The normalized spacial score (nSPS) is 18.8. The van der Waals surface area contributed by atoms with Crippen molar-refractivity contribution in [2.75, 3.05) is 4.90 Å². The fraction of sp³-hybridized carbons (Fsp3) is 0.211. The summed E-state index contributed by atoms with van der Waals surface area (Å²) in [5.74, 6) is -0.716. The Labute approximate surface area is 165 Å². The first-order chi connectivity index (χ1) is 12.9. The maximum atomic E-state index is 13.0. The van der Waals surface area contributed by atoms with Crippen LogP contribution in [0.3, 0.4) is 0 Å². The Balaban J connectivity index is 1.80. The van der Waals surface area contributed by atoms with Crippen LogP contribution in [-0.2, 0) is 0 Å². The second-order valence-corrected chi connectivity index (χ2v) is 8.41. The van der Waals surface area contributed by atoms with Gasteiger partial charge in [0.05, 0.1) is 11.2 Å². The summed E-state index contributed by atoms with van der Waals surface area (Å²) in [6, 6.07) is 18.5. The number of anilines is 1. The van der Waals surface area contributed by atoms with Crippen LogP contribution >= 0.6 is 24.0 Å². The van der Waals surface area contributed by atoms with Gasteiger partial charge in [-0.15, -0.1) is 4.74 Å². The predicted molar refractivity (Wildman–Crippen MR) is 111 cm³/mol. The summed E-state index contributed by atoms with van der Waals surface area (Å²) in [6.07, 6.45) is 0. The van der Waals surface area contributed by atoms with Crippen LogP contribution in [0.1, 0.15) is 19.2 Å². The molecule has 1 fully saturated rings. The fourth-order valence-electron chi connectivity index (χ4n) is 3.27. The van der Waals surface area contributed by atoms with Crippen molar-refractivity contribution in [3.05, 3.63) is 81.7 Å². The number of rotatable bonds is 3. The molecule has 2 aromatic carbocycles. The van der Waals surface area contributed by atoms with Crippen LogP contribution in [0.25, 0.3) is 5.69 Å². The summed E-state index contributed by atoms with van der Waals surface area (Å²) in [7, 11) is 0. The van der Waals surface area contributed by atoms with Gasteiger partial charge in [-0.1, -0.05) is 60.4 Å². The molecule has 2 heterocycles. The molecule has 1 aliphatic rings. The standard InChI is InChI=1S/C19H17N3O3S2/c1-19(2)15(27-18(26)21(19)14-11-7-4-8-12-14)22-16(23)20(17(24)25-22)13-9-5-3-6-10-13/h3-12,15H,1-2H3. The Morgan fingerprint density at radius 2 is 1.52 bits per heavy atom. The Morgan fingerprint density at radius 3 is 2.11 bits per heavy atom. The van der Waals surface area contributed by atoms with E-state index in [9.17, 15) is 9.59 Å². The van der Waals surface area contributed by atoms with Crippen molar-refractivity contribution in [2.24, 2.45) is 0 Å². The Hall–Kier alpha value is -2.58. The molecule has 1 aliphatic heterocycles. The third-order valence-corrected chi connectivity index (χ3v) is 6.40. The maximum Gasteiger partial charge on any atom is 0.447 e. The van der Waals surface area contributed by atoms with Gasteiger partial charge < -0.3 is 9.42 Å². The second-order valence-electron chi connectivity index (χ2n) is 6.70. The van der Waals surface area contributed by atoms with E-state index in [-0.39, 0.29) is 0 Å². The number of hydrogen-bond acceptors (Lipinski definition) is 5. The van der Waals surface area contributed by atoms with Gasteiger partial charge in [0.2, 0.25) is 0 Å². The topological polar surface area (TPSA) is 60.4 Å². The molecule has 0 amide bonds. The Kier molecular flexibility index (Phi) is 4.32. The van der Waals surface area contributed by atoms with E-state index in [0.717, 1.165) is 15.0 Å². The molecule has 1 aromatic heterocycles. The Bertz CT molecular complexity index is 1100. The zero-order chi connectivity index (χ0) is 19.2. The molecule has 4 rings (SSSR count). The summed E-state index contributed by atoms with van der Waals surface area (Å²) in [5, 5.41) is -0.477. The van der Waals surface area contributed by atoms with Crippen LogP contribution in [0.15, 0.2) is 74.8 Å². The van der Waals surface area contributed by atoms with E-state index in [2.05, 4.69) is 0 Å². The molecule has 27 heavy (non-hydrogen) atoms. The van der Waals surface area contributed by atoms with E-state index >= 15 is 0 Å². The number of benzene rings is 2. The van der Waals surface area contributed by atoms with Gasteiger partial charge in [-0.05, 0) is 38.1 Å². The number of thioether (sulfide) groups is 1. The fourth-order valence-corrected chi connectivity index (χ4v) is 5.14. The smallest absolute Gasteiger partial charge is 0.319 e. The predicted octanol–water partition coefficient (Wildman–Crippen LogP) is 3.41. The minimum atomic E-state index is -0.716.